The Morgan fingerprint density at radius 1 is 0.241 bits per heavy atom. The van der Waals surface area contributed by atoms with E-state index in [9.17, 15) is 14.4 Å². The Hall–Kier alpha value is -2.63. The quantitative estimate of drug-likeness (QED) is 0.0261. The van der Waals surface area contributed by atoms with E-state index >= 15 is 0 Å². The van der Waals surface area contributed by atoms with Gasteiger partial charge in [0.1, 0.15) is 13.2 Å². The van der Waals surface area contributed by atoms with E-state index in [0.29, 0.717) is 19.3 Å². The smallest absolute Gasteiger partial charge is 0.306 e. The van der Waals surface area contributed by atoms with Crippen molar-refractivity contribution in [3.63, 3.8) is 0 Å². The summed E-state index contributed by atoms with van der Waals surface area (Å²) in [6.45, 7) is 6.61. The van der Waals surface area contributed by atoms with Gasteiger partial charge in [-0.25, -0.2) is 0 Å². The molecule has 83 heavy (non-hydrogen) atoms. The monoisotopic (exact) mass is 1160 g/mol. The Morgan fingerprint density at radius 3 is 0.735 bits per heavy atom. The molecule has 0 bridgehead atoms. The van der Waals surface area contributed by atoms with Crippen LogP contribution in [0.5, 0.6) is 0 Å². The summed E-state index contributed by atoms with van der Waals surface area (Å²) in [6.07, 6.45) is 91.8. The van der Waals surface area contributed by atoms with Crippen LogP contribution in [0.15, 0.2) is 48.6 Å². The van der Waals surface area contributed by atoms with Crippen LogP contribution in [0.2, 0.25) is 0 Å². The lowest BCUT2D eigenvalue weighted by Crippen LogP contribution is -2.30. The summed E-state index contributed by atoms with van der Waals surface area (Å²) in [7, 11) is 0. The molecule has 0 amide bonds. The van der Waals surface area contributed by atoms with Gasteiger partial charge in [0, 0.05) is 19.3 Å². The maximum Gasteiger partial charge on any atom is 0.306 e. The molecule has 6 heteroatoms. The Labute approximate surface area is 518 Å². The van der Waals surface area contributed by atoms with Crippen LogP contribution < -0.4 is 0 Å². The van der Waals surface area contributed by atoms with Crippen LogP contribution in [0, 0.1) is 0 Å². The summed E-state index contributed by atoms with van der Waals surface area (Å²) in [6, 6.07) is 0. The van der Waals surface area contributed by atoms with Crippen LogP contribution in [-0.4, -0.2) is 37.2 Å². The summed E-state index contributed by atoms with van der Waals surface area (Å²) in [5.41, 5.74) is 0. The molecule has 0 radical (unpaired) electrons. The standard InChI is InChI=1S/C77H142O6/c1-4-7-10-13-16-19-22-24-26-28-30-32-33-34-35-36-37-38-39-40-41-42-43-44-46-47-49-51-53-55-58-61-64-67-70-76(79)82-73-74(72-81-75(78)69-66-63-60-57-21-18-15-12-9-6-3)83-77(80)71-68-65-62-59-56-54-52-50-48-45-31-29-27-25-23-20-17-14-11-8-5-2/h12,15,23,25,29,31,48,50,74H,4-11,13-14,16-22,24,26-28,30,32-47,49,51-73H2,1-3H3/b15-12-,25-23-,31-29-,50-48-. The minimum absolute atomic E-state index is 0.0778. The van der Waals surface area contributed by atoms with Gasteiger partial charge >= 0.3 is 17.9 Å². The molecule has 0 spiro atoms. The highest BCUT2D eigenvalue weighted by Crippen LogP contribution is 2.19. The molecule has 1 unspecified atom stereocenters. The van der Waals surface area contributed by atoms with Gasteiger partial charge in [-0.3, -0.25) is 14.4 Å². The van der Waals surface area contributed by atoms with Crippen molar-refractivity contribution >= 4 is 17.9 Å². The predicted octanol–water partition coefficient (Wildman–Crippen LogP) is 25.7. The van der Waals surface area contributed by atoms with Gasteiger partial charge in [0.25, 0.3) is 0 Å². The Balaban J connectivity index is 4.06. The number of allylic oxidation sites excluding steroid dienone is 8. The van der Waals surface area contributed by atoms with Crippen LogP contribution >= 0.6 is 0 Å². The Kier molecular flexibility index (Phi) is 69.6. The molecule has 0 aliphatic rings. The van der Waals surface area contributed by atoms with Gasteiger partial charge in [-0.15, -0.1) is 0 Å². The van der Waals surface area contributed by atoms with Crippen LogP contribution in [0.4, 0.5) is 0 Å². The summed E-state index contributed by atoms with van der Waals surface area (Å²) in [4.78, 5) is 38.3. The number of hydrogen-bond donors (Lipinski definition) is 0. The molecule has 0 saturated carbocycles. The molecule has 0 aromatic rings. The molecular formula is C77H142O6. The number of esters is 3. The lowest BCUT2D eigenvalue weighted by Gasteiger charge is -2.18. The van der Waals surface area contributed by atoms with E-state index < -0.39 is 6.10 Å². The highest BCUT2D eigenvalue weighted by molar-refractivity contribution is 5.71. The number of ether oxygens (including phenoxy) is 3. The second kappa shape index (κ2) is 71.8. The minimum atomic E-state index is -0.783. The van der Waals surface area contributed by atoms with Crippen molar-refractivity contribution in [3.05, 3.63) is 48.6 Å². The fourth-order valence-electron chi connectivity index (χ4n) is 11.2. The second-order valence-electron chi connectivity index (χ2n) is 25.2. The van der Waals surface area contributed by atoms with Crippen molar-refractivity contribution in [2.45, 2.75) is 412 Å². The van der Waals surface area contributed by atoms with Crippen molar-refractivity contribution in [2.75, 3.05) is 13.2 Å². The average Bonchev–Trinajstić information content (AvgIpc) is 3.49. The maximum atomic E-state index is 12.9. The van der Waals surface area contributed by atoms with Crippen molar-refractivity contribution in [2.24, 2.45) is 0 Å². The highest BCUT2D eigenvalue weighted by Gasteiger charge is 2.19. The van der Waals surface area contributed by atoms with E-state index in [1.807, 2.05) is 0 Å². The Morgan fingerprint density at radius 2 is 0.458 bits per heavy atom. The zero-order valence-electron chi connectivity index (χ0n) is 56.0. The van der Waals surface area contributed by atoms with E-state index in [-0.39, 0.29) is 31.1 Å². The van der Waals surface area contributed by atoms with Crippen molar-refractivity contribution < 1.29 is 28.6 Å². The van der Waals surface area contributed by atoms with Crippen molar-refractivity contribution in [1.29, 1.82) is 0 Å². The first-order valence-electron chi connectivity index (χ1n) is 37.1. The van der Waals surface area contributed by atoms with Gasteiger partial charge in [-0.1, -0.05) is 358 Å². The van der Waals surface area contributed by atoms with Gasteiger partial charge in [0.2, 0.25) is 0 Å². The molecular weight excluding hydrogens is 1020 g/mol. The normalized spacial score (nSPS) is 12.3. The first-order chi connectivity index (χ1) is 41.0. The summed E-state index contributed by atoms with van der Waals surface area (Å²) in [5, 5.41) is 0. The highest BCUT2D eigenvalue weighted by atomic mass is 16.6. The fraction of sp³-hybridized carbons (Fsp3) is 0.857. The first-order valence-corrected chi connectivity index (χ1v) is 37.1. The number of carbonyl (C=O) groups is 3. The van der Waals surface area contributed by atoms with Crippen LogP contribution in [0.1, 0.15) is 406 Å². The van der Waals surface area contributed by atoms with Crippen LogP contribution in [-0.2, 0) is 28.6 Å². The molecule has 0 aliphatic heterocycles. The molecule has 0 aromatic heterocycles. The van der Waals surface area contributed by atoms with Crippen molar-refractivity contribution in [3.8, 4) is 0 Å². The summed E-state index contributed by atoms with van der Waals surface area (Å²) >= 11 is 0. The molecule has 6 nitrogen and oxygen atoms in total. The molecule has 1 atom stereocenters. The topological polar surface area (TPSA) is 78.9 Å². The number of unbranched alkanes of at least 4 members (excludes halogenated alkanes) is 50. The second-order valence-corrected chi connectivity index (χ2v) is 25.2. The van der Waals surface area contributed by atoms with Gasteiger partial charge in [0.15, 0.2) is 6.10 Å². The largest absolute Gasteiger partial charge is 0.462 e. The molecule has 486 valence electrons. The third-order valence-corrected chi connectivity index (χ3v) is 16.8. The Bertz CT molecular complexity index is 1430. The molecule has 0 saturated heterocycles. The van der Waals surface area contributed by atoms with E-state index in [2.05, 4.69) is 69.4 Å². The van der Waals surface area contributed by atoms with Gasteiger partial charge in [0.05, 0.1) is 0 Å². The zero-order chi connectivity index (χ0) is 59.9. The lowest BCUT2D eigenvalue weighted by atomic mass is 10.0. The van der Waals surface area contributed by atoms with Gasteiger partial charge < -0.3 is 14.2 Å². The maximum absolute atomic E-state index is 12.9. The van der Waals surface area contributed by atoms with E-state index in [1.165, 1.54) is 276 Å². The van der Waals surface area contributed by atoms with E-state index in [1.54, 1.807) is 0 Å². The SMILES string of the molecule is CCC/C=C\CCCCCCCC(=O)OCC(COC(=O)CCCCCCCCCCCCCCCCCCCCCCCCCCCCCCCCCCCC)OC(=O)CCCCCCCC/C=C\C/C=C\C/C=C\CCCCCCC. The fourth-order valence-corrected chi connectivity index (χ4v) is 11.2. The molecule has 0 N–H and O–H groups in total. The van der Waals surface area contributed by atoms with Gasteiger partial charge in [-0.2, -0.15) is 0 Å². The summed E-state index contributed by atoms with van der Waals surface area (Å²) in [5.74, 6) is -0.879. The molecule has 0 aromatic carbocycles. The third-order valence-electron chi connectivity index (χ3n) is 16.8. The summed E-state index contributed by atoms with van der Waals surface area (Å²) < 4.78 is 16.9. The lowest BCUT2D eigenvalue weighted by molar-refractivity contribution is -0.167. The molecule has 0 heterocycles. The van der Waals surface area contributed by atoms with E-state index in [4.69, 9.17) is 14.2 Å². The number of rotatable bonds is 69. The van der Waals surface area contributed by atoms with Crippen LogP contribution in [0.25, 0.3) is 0 Å². The average molecular weight is 1160 g/mol. The molecule has 0 rings (SSSR count). The number of carbonyl (C=O) groups excluding carboxylic acids is 3. The van der Waals surface area contributed by atoms with Crippen molar-refractivity contribution in [1.82, 2.24) is 0 Å². The predicted molar refractivity (Wildman–Crippen MR) is 362 cm³/mol. The number of hydrogen-bond acceptors (Lipinski definition) is 6. The minimum Gasteiger partial charge on any atom is -0.462 e. The zero-order valence-corrected chi connectivity index (χ0v) is 56.0. The molecule has 0 aliphatic carbocycles. The third kappa shape index (κ3) is 70.0. The van der Waals surface area contributed by atoms with Gasteiger partial charge in [-0.05, 0) is 77.0 Å². The molecule has 0 fully saturated rings. The van der Waals surface area contributed by atoms with Crippen LogP contribution in [0.3, 0.4) is 0 Å². The first kappa shape index (κ1) is 80.4. The van der Waals surface area contributed by atoms with E-state index in [0.717, 1.165) is 89.9 Å².